The molecule has 5 heteroatoms. The molecule has 1 aliphatic rings. The molecule has 0 spiro atoms. The third-order valence-corrected chi connectivity index (χ3v) is 4.84. The number of carbonyl (C=O) groups is 1. The Bertz CT molecular complexity index is 541. The first kappa shape index (κ1) is 18.6. The Morgan fingerprint density at radius 3 is 2.62 bits per heavy atom. The van der Waals surface area contributed by atoms with Crippen LogP contribution < -0.4 is 10.6 Å². The molecule has 0 saturated carbocycles. The summed E-state index contributed by atoms with van der Waals surface area (Å²) in [4.78, 5) is 13.4. The number of nitrogens with zero attached hydrogens (tertiary/aromatic N) is 1. The predicted molar refractivity (Wildman–Crippen MR) is 97.6 cm³/mol. The number of hydrogen-bond acceptors (Lipinski definition) is 4. The van der Waals surface area contributed by atoms with Gasteiger partial charge in [-0.15, -0.1) is 0 Å². The number of aliphatic carboxylic acids is 1. The highest BCUT2D eigenvalue weighted by atomic mass is 16.5. The normalized spacial score (nSPS) is 16.8. The van der Waals surface area contributed by atoms with Crippen LogP contribution in [0, 0.1) is 0 Å². The maximum atomic E-state index is 11.0. The highest BCUT2D eigenvalue weighted by Crippen LogP contribution is 2.33. The van der Waals surface area contributed by atoms with Gasteiger partial charge in [-0.1, -0.05) is 19.9 Å². The van der Waals surface area contributed by atoms with E-state index in [-0.39, 0.29) is 12.3 Å². The first-order chi connectivity index (χ1) is 11.6. The fraction of sp³-hybridized carbons (Fsp3) is 0.632. The third-order valence-electron chi connectivity index (χ3n) is 4.84. The van der Waals surface area contributed by atoms with Gasteiger partial charge in [0, 0.05) is 25.8 Å². The maximum absolute atomic E-state index is 11.0. The zero-order valence-electron chi connectivity index (χ0n) is 14.8. The van der Waals surface area contributed by atoms with Crippen LogP contribution >= 0.6 is 0 Å². The summed E-state index contributed by atoms with van der Waals surface area (Å²) in [7, 11) is 0. The van der Waals surface area contributed by atoms with Crippen LogP contribution in [0.5, 0.6) is 0 Å². The molecule has 0 bridgehead atoms. The summed E-state index contributed by atoms with van der Waals surface area (Å²) in [5.41, 5.74) is 9.19. The van der Waals surface area contributed by atoms with Crippen molar-refractivity contribution < 1.29 is 14.6 Å². The fourth-order valence-electron chi connectivity index (χ4n) is 3.53. The molecule has 1 aliphatic heterocycles. The van der Waals surface area contributed by atoms with E-state index in [1.54, 1.807) is 0 Å². The van der Waals surface area contributed by atoms with E-state index >= 15 is 0 Å². The van der Waals surface area contributed by atoms with Crippen molar-refractivity contribution in [2.45, 2.75) is 57.9 Å². The molecule has 0 amide bonds. The van der Waals surface area contributed by atoms with E-state index in [1.165, 1.54) is 0 Å². The van der Waals surface area contributed by atoms with Crippen molar-refractivity contribution in [3.63, 3.8) is 0 Å². The summed E-state index contributed by atoms with van der Waals surface area (Å²) in [6, 6.07) is 6.55. The van der Waals surface area contributed by atoms with Crippen molar-refractivity contribution >= 4 is 17.3 Å². The minimum Gasteiger partial charge on any atom is -0.481 e. The summed E-state index contributed by atoms with van der Waals surface area (Å²) in [5, 5.41) is 9.08. The van der Waals surface area contributed by atoms with Gasteiger partial charge < -0.3 is 20.5 Å². The quantitative estimate of drug-likeness (QED) is 0.710. The molecule has 1 aromatic carbocycles. The number of hydrogen-bond donors (Lipinski definition) is 2. The zero-order chi connectivity index (χ0) is 17.5. The lowest BCUT2D eigenvalue weighted by atomic mass is 9.92. The Morgan fingerprint density at radius 2 is 2.08 bits per heavy atom. The molecular weight excluding hydrogens is 304 g/mol. The lowest BCUT2D eigenvalue weighted by Gasteiger charge is -2.37. The molecule has 0 radical (unpaired) electrons. The number of benzene rings is 1. The van der Waals surface area contributed by atoms with Crippen LogP contribution in [-0.4, -0.2) is 36.9 Å². The largest absolute Gasteiger partial charge is 0.481 e. The monoisotopic (exact) mass is 334 g/mol. The number of rotatable bonds is 8. The van der Waals surface area contributed by atoms with Crippen LogP contribution in [0.1, 0.15) is 57.4 Å². The Labute approximate surface area is 144 Å². The van der Waals surface area contributed by atoms with Crippen LogP contribution in [-0.2, 0) is 9.53 Å². The highest BCUT2D eigenvalue weighted by molar-refractivity contribution is 5.71. The van der Waals surface area contributed by atoms with E-state index in [0.717, 1.165) is 62.4 Å². The summed E-state index contributed by atoms with van der Waals surface area (Å²) >= 11 is 0. The molecule has 24 heavy (non-hydrogen) atoms. The number of carboxylic acids is 1. The van der Waals surface area contributed by atoms with Crippen molar-refractivity contribution in [2.75, 3.05) is 30.4 Å². The molecule has 5 nitrogen and oxygen atoms in total. The van der Waals surface area contributed by atoms with E-state index in [9.17, 15) is 4.79 Å². The molecule has 0 unspecified atom stereocenters. The van der Waals surface area contributed by atoms with Gasteiger partial charge in [-0.2, -0.15) is 0 Å². The highest BCUT2D eigenvalue weighted by Gasteiger charge is 2.23. The van der Waals surface area contributed by atoms with Crippen molar-refractivity contribution in [1.29, 1.82) is 0 Å². The van der Waals surface area contributed by atoms with E-state index in [1.807, 2.05) is 19.1 Å². The Morgan fingerprint density at radius 1 is 1.38 bits per heavy atom. The number of nitrogen functional groups attached to an aromatic ring is 1. The molecule has 0 aromatic heterocycles. The molecule has 1 saturated heterocycles. The molecule has 1 aromatic rings. The average Bonchev–Trinajstić information content (AvgIpc) is 2.58. The van der Waals surface area contributed by atoms with Crippen LogP contribution in [0.2, 0.25) is 0 Å². The Kier molecular flexibility index (Phi) is 6.91. The second kappa shape index (κ2) is 8.92. The molecule has 1 atom stereocenters. The van der Waals surface area contributed by atoms with E-state index < -0.39 is 5.97 Å². The van der Waals surface area contributed by atoms with Gasteiger partial charge in [0.15, 0.2) is 0 Å². The molecule has 2 rings (SSSR count). The SMILES string of the molecule is CCCN(c1ccc([C@@H](CC)CC(=O)O)cc1N)C1CCOCC1. The minimum atomic E-state index is -0.765. The molecule has 3 N–H and O–H groups in total. The Hall–Kier alpha value is -1.75. The molecule has 134 valence electrons. The van der Waals surface area contributed by atoms with Crippen LogP contribution in [0.15, 0.2) is 18.2 Å². The van der Waals surface area contributed by atoms with E-state index in [2.05, 4.69) is 17.9 Å². The van der Waals surface area contributed by atoms with E-state index in [0.29, 0.717) is 6.04 Å². The predicted octanol–water partition coefficient (Wildman–Crippen LogP) is 3.63. The first-order valence-electron chi connectivity index (χ1n) is 9.02. The van der Waals surface area contributed by atoms with Crippen LogP contribution in [0.4, 0.5) is 11.4 Å². The van der Waals surface area contributed by atoms with Gasteiger partial charge in [-0.3, -0.25) is 4.79 Å². The number of nitrogens with two attached hydrogens (primary N) is 1. The topological polar surface area (TPSA) is 75.8 Å². The van der Waals surface area contributed by atoms with Crippen LogP contribution in [0.25, 0.3) is 0 Å². The Balaban J connectivity index is 2.23. The number of carboxylic acid groups (broad SMARTS) is 1. The van der Waals surface area contributed by atoms with Crippen molar-refractivity contribution in [3.05, 3.63) is 23.8 Å². The van der Waals surface area contributed by atoms with Crippen molar-refractivity contribution in [2.24, 2.45) is 0 Å². The maximum Gasteiger partial charge on any atom is 0.303 e. The standard InChI is InChI=1S/C19H30N2O3/c1-3-9-21(16-7-10-24-11-8-16)18-6-5-15(12-17(18)20)14(4-2)13-19(22)23/h5-6,12,14,16H,3-4,7-11,13,20H2,1-2H3,(H,22,23)/t14-/m0/s1. The molecule has 1 heterocycles. The second-order valence-corrected chi connectivity index (χ2v) is 6.56. The number of anilines is 2. The lowest BCUT2D eigenvalue weighted by molar-refractivity contribution is -0.137. The molecule has 0 aliphatic carbocycles. The van der Waals surface area contributed by atoms with Gasteiger partial charge in [0.2, 0.25) is 0 Å². The van der Waals surface area contributed by atoms with Gasteiger partial charge in [0.25, 0.3) is 0 Å². The summed E-state index contributed by atoms with van der Waals surface area (Å²) in [6.45, 7) is 6.78. The smallest absolute Gasteiger partial charge is 0.303 e. The average molecular weight is 334 g/mol. The van der Waals surface area contributed by atoms with E-state index in [4.69, 9.17) is 15.6 Å². The minimum absolute atomic E-state index is 0.0153. The second-order valence-electron chi connectivity index (χ2n) is 6.56. The van der Waals surface area contributed by atoms with Gasteiger partial charge in [-0.05, 0) is 49.3 Å². The third kappa shape index (κ3) is 4.63. The summed E-state index contributed by atoms with van der Waals surface area (Å²) < 4.78 is 5.48. The van der Waals surface area contributed by atoms with Gasteiger partial charge >= 0.3 is 5.97 Å². The zero-order valence-corrected chi connectivity index (χ0v) is 14.8. The first-order valence-corrected chi connectivity index (χ1v) is 9.02. The fourth-order valence-corrected chi connectivity index (χ4v) is 3.53. The number of ether oxygens (including phenoxy) is 1. The van der Waals surface area contributed by atoms with Crippen LogP contribution in [0.3, 0.4) is 0 Å². The van der Waals surface area contributed by atoms with Crippen molar-refractivity contribution in [3.8, 4) is 0 Å². The van der Waals surface area contributed by atoms with Gasteiger partial charge in [0.1, 0.15) is 0 Å². The van der Waals surface area contributed by atoms with Gasteiger partial charge in [-0.25, -0.2) is 0 Å². The summed E-state index contributed by atoms with van der Waals surface area (Å²) in [5.74, 6) is -0.749. The molecule has 1 fully saturated rings. The van der Waals surface area contributed by atoms with Gasteiger partial charge in [0.05, 0.1) is 17.8 Å². The molecular formula is C19H30N2O3. The van der Waals surface area contributed by atoms with Crippen molar-refractivity contribution in [1.82, 2.24) is 0 Å². The lowest BCUT2D eigenvalue weighted by Crippen LogP contribution is -2.40. The summed E-state index contributed by atoms with van der Waals surface area (Å²) in [6.07, 6.45) is 4.06.